The molecule has 0 aliphatic carbocycles. The molecule has 3 fully saturated rings. The van der Waals surface area contributed by atoms with Gasteiger partial charge in [-0.25, -0.2) is 0 Å². The Balaban J connectivity index is 1.42. The van der Waals surface area contributed by atoms with Gasteiger partial charge < -0.3 is 15.1 Å². The van der Waals surface area contributed by atoms with E-state index in [0.717, 1.165) is 32.0 Å². The summed E-state index contributed by atoms with van der Waals surface area (Å²) in [7, 11) is 0. The quantitative estimate of drug-likeness (QED) is 0.862. The topological polar surface area (TPSA) is 35.6 Å². The smallest absolute Gasteiger partial charge is 0.225 e. The molecule has 4 nitrogen and oxygen atoms in total. The number of carbonyl (C=O) groups excluding carboxylic acids is 1. The Morgan fingerprint density at radius 2 is 1.71 bits per heavy atom. The van der Waals surface area contributed by atoms with Gasteiger partial charge in [-0.2, -0.15) is 0 Å². The van der Waals surface area contributed by atoms with Gasteiger partial charge in [-0.1, -0.05) is 13.8 Å². The minimum absolute atomic E-state index is 0.140. The standard InChI is InChI=1S/C17H31N3O/c1-13(2)17(21)20-10-5-14(6-11-20)18-15-7-9-19-8-3-4-16(19)12-15/h13-16,18H,3-12H2,1-2H3. The minimum Gasteiger partial charge on any atom is -0.342 e. The number of hydrogen-bond acceptors (Lipinski definition) is 3. The molecule has 0 aromatic rings. The molecule has 1 N–H and O–H groups in total. The highest BCUT2D eigenvalue weighted by Gasteiger charge is 2.33. The van der Waals surface area contributed by atoms with Crippen LogP contribution in [0.3, 0.4) is 0 Å². The van der Waals surface area contributed by atoms with Crippen molar-refractivity contribution in [2.75, 3.05) is 26.2 Å². The highest BCUT2D eigenvalue weighted by atomic mass is 16.2. The van der Waals surface area contributed by atoms with E-state index in [1.807, 2.05) is 13.8 Å². The third-order valence-electron chi connectivity index (χ3n) is 5.59. The summed E-state index contributed by atoms with van der Waals surface area (Å²) < 4.78 is 0. The molecule has 3 rings (SSSR count). The summed E-state index contributed by atoms with van der Waals surface area (Å²) in [6.07, 6.45) is 7.70. The largest absolute Gasteiger partial charge is 0.342 e. The zero-order chi connectivity index (χ0) is 14.8. The fourth-order valence-electron chi connectivity index (χ4n) is 4.34. The fourth-order valence-corrected chi connectivity index (χ4v) is 4.34. The van der Waals surface area contributed by atoms with E-state index < -0.39 is 0 Å². The van der Waals surface area contributed by atoms with Crippen LogP contribution in [0.4, 0.5) is 0 Å². The second-order valence-electron chi connectivity index (χ2n) is 7.47. The van der Waals surface area contributed by atoms with E-state index in [2.05, 4.69) is 15.1 Å². The molecule has 0 saturated carbocycles. The SMILES string of the molecule is CC(C)C(=O)N1CCC(NC2CCN3CCCC3C2)CC1. The molecular weight excluding hydrogens is 262 g/mol. The predicted octanol–water partition coefficient (Wildman–Crippen LogP) is 1.85. The van der Waals surface area contributed by atoms with Crippen LogP contribution in [0.2, 0.25) is 0 Å². The number of nitrogens with one attached hydrogen (secondary N) is 1. The van der Waals surface area contributed by atoms with Crippen LogP contribution in [-0.2, 0) is 4.79 Å². The number of amides is 1. The lowest BCUT2D eigenvalue weighted by Crippen LogP contribution is -2.52. The first kappa shape index (κ1) is 15.3. The average Bonchev–Trinajstić information content (AvgIpc) is 2.95. The van der Waals surface area contributed by atoms with Gasteiger partial charge in [-0.05, 0) is 51.6 Å². The van der Waals surface area contributed by atoms with E-state index in [1.165, 1.54) is 38.8 Å². The van der Waals surface area contributed by atoms with Crippen LogP contribution in [0.25, 0.3) is 0 Å². The van der Waals surface area contributed by atoms with Crippen molar-refractivity contribution in [1.29, 1.82) is 0 Å². The molecule has 2 unspecified atom stereocenters. The number of likely N-dealkylation sites (tertiary alicyclic amines) is 1. The number of carbonyl (C=O) groups is 1. The maximum Gasteiger partial charge on any atom is 0.225 e. The first-order valence-corrected chi connectivity index (χ1v) is 8.92. The van der Waals surface area contributed by atoms with Crippen LogP contribution in [0.15, 0.2) is 0 Å². The first-order chi connectivity index (χ1) is 10.1. The Kier molecular flexibility index (Phi) is 4.85. The van der Waals surface area contributed by atoms with E-state index in [1.54, 1.807) is 0 Å². The van der Waals surface area contributed by atoms with E-state index >= 15 is 0 Å². The van der Waals surface area contributed by atoms with Gasteiger partial charge in [0.2, 0.25) is 5.91 Å². The number of rotatable bonds is 3. The van der Waals surface area contributed by atoms with E-state index in [4.69, 9.17) is 0 Å². The van der Waals surface area contributed by atoms with Crippen LogP contribution < -0.4 is 5.32 Å². The van der Waals surface area contributed by atoms with Crippen LogP contribution in [-0.4, -0.2) is 60.0 Å². The molecule has 0 bridgehead atoms. The fraction of sp³-hybridized carbons (Fsp3) is 0.941. The summed E-state index contributed by atoms with van der Waals surface area (Å²) in [5.74, 6) is 0.467. The van der Waals surface area contributed by atoms with Gasteiger partial charge in [0.15, 0.2) is 0 Å². The van der Waals surface area contributed by atoms with Crippen molar-refractivity contribution in [3.05, 3.63) is 0 Å². The van der Waals surface area contributed by atoms with Gasteiger partial charge in [0.05, 0.1) is 0 Å². The van der Waals surface area contributed by atoms with Gasteiger partial charge in [-0.3, -0.25) is 4.79 Å². The molecule has 2 atom stereocenters. The Labute approximate surface area is 129 Å². The summed E-state index contributed by atoms with van der Waals surface area (Å²) in [4.78, 5) is 16.8. The van der Waals surface area contributed by atoms with Gasteiger partial charge >= 0.3 is 0 Å². The molecule has 0 radical (unpaired) electrons. The number of nitrogens with zero attached hydrogens (tertiary/aromatic N) is 2. The molecule has 120 valence electrons. The Hall–Kier alpha value is -0.610. The Morgan fingerprint density at radius 1 is 1.00 bits per heavy atom. The van der Waals surface area contributed by atoms with E-state index in [0.29, 0.717) is 18.0 Å². The average molecular weight is 293 g/mol. The lowest BCUT2D eigenvalue weighted by Gasteiger charge is -2.39. The summed E-state index contributed by atoms with van der Waals surface area (Å²) in [6, 6.07) is 2.18. The summed E-state index contributed by atoms with van der Waals surface area (Å²) >= 11 is 0. The summed E-state index contributed by atoms with van der Waals surface area (Å²) in [5, 5.41) is 3.89. The summed E-state index contributed by atoms with van der Waals surface area (Å²) in [6.45, 7) is 8.50. The lowest BCUT2D eigenvalue weighted by atomic mass is 9.95. The van der Waals surface area contributed by atoms with Crippen molar-refractivity contribution >= 4 is 5.91 Å². The van der Waals surface area contributed by atoms with Crippen LogP contribution in [0, 0.1) is 5.92 Å². The highest BCUT2D eigenvalue weighted by molar-refractivity contribution is 5.78. The Bertz CT molecular complexity index is 363. The molecule has 3 aliphatic rings. The second-order valence-corrected chi connectivity index (χ2v) is 7.47. The van der Waals surface area contributed by atoms with Gasteiger partial charge in [0.1, 0.15) is 0 Å². The molecule has 3 saturated heterocycles. The second kappa shape index (κ2) is 6.66. The zero-order valence-electron chi connectivity index (χ0n) is 13.7. The minimum atomic E-state index is 0.140. The number of piperidine rings is 2. The molecule has 1 amide bonds. The molecule has 0 spiro atoms. The Morgan fingerprint density at radius 3 is 2.43 bits per heavy atom. The third kappa shape index (κ3) is 3.59. The van der Waals surface area contributed by atoms with Crippen molar-refractivity contribution < 1.29 is 4.79 Å². The molecule has 3 aliphatic heterocycles. The van der Waals surface area contributed by atoms with Crippen LogP contribution in [0.5, 0.6) is 0 Å². The maximum atomic E-state index is 12.0. The van der Waals surface area contributed by atoms with Crippen molar-refractivity contribution in [2.45, 2.75) is 70.5 Å². The molecule has 3 heterocycles. The van der Waals surface area contributed by atoms with Crippen molar-refractivity contribution in [2.24, 2.45) is 5.92 Å². The highest BCUT2D eigenvalue weighted by Crippen LogP contribution is 2.27. The van der Waals surface area contributed by atoms with Crippen LogP contribution >= 0.6 is 0 Å². The lowest BCUT2D eigenvalue weighted by molar-refractivity contribution is -0.135. The van der Waals surface area contributed by atoms with Gasteiger partial charge in [0.25, 0.3) is 0 Å². The zero-order valence-corrected chi connectivity index (χ0v) is 13.7. The maximum absolute atomic E-state index is 12.0. The summed E-state index contributed by atoms with van der Waals surface area (Å²) in [5.41, 5.74) is 0. The van der Waals surface area contributed by atoms with Crippen molar-refractivity contribution in [1.82, 2.24) is 15.1 Å². The van der Waals surface area contributed by atoms with Gasteiger partial charge in [-0.15, -0.1) is 0 Å². The normalized spacial score (nSPS) is 31.7. The molecule has 21 heavy (non-hydrogen) atoms. The monoisotopic (exact) mass is 293 g/mol. The predicted molar refractivity (Wildman–Crippen MR) is 85.2 cm³/mol. The molecule has 4 heteroatoms. The van der Waals surface area contributed by atoms with Gasteiger partial charge in [0, 0.05) is 37.1 Å². The van der Waals surface area contributed by atoms with Crippen molar-refractivity contribution in [3.63, 3.8) is 0 Å². The number of fused-ring (bicyclic) bond motifs is 1. The molecular formula is C17H31N3O. The number of hydrogen-bond donors (Lipinski definition) is 1. The van der Waals surface area contributed by atoms with Crippen molar-refractivity contribution in [3.8, 4) is 0 Å². The molecule has 0 aromatic heterocycles. The van der Waals surface area contributed by atoms with E-state index in [9.17, 15) is 4.79 Å². The third-order valence-corrected chi connectivity index (χ3v) is 5.59. The van der Waals surface area contributed by atoms with Crippen LogP contribution in [0.1, 0.15) is 52.4 Å². The molecule has 0 aromatic carbocycles. The first-order valence-electron chi connectivity index (χ1n) is 8.92. The van der Waals surface area contributed by atoms with E-state index in [-0.39, 0.29) is 5.92 Å².